The first-order chi connectivity index (χ1) is 10.0. The van der Waals surface area contributed by atoms with E-state index in [4.69, 9.17) is 4.98 Å². The van der Waals surface area contributed by atoms with Crippen molar-refractivity contribution < 1.29 is 0 Å². The van der Waals surface area contributed by atoms with E-state index in [1.165, 1.54) is 55.6 Å². The summed E-state index contributed by atoms with van der Waals surface area (Å²) in [6, 6.07) is 0.703. The van der Waals surface area contributed by atoms with Crippen LogP contribution in [0.2, 0.25) is 0 Å². The minimum Gasteiger partial charge on any atom is -0.314 e. The van der Waals surface area contributed by atoms with Crippen LogP contribution in [0.1, 0.15) is 76.9 Å². The van der Waals surface area contributed by atoms with Gasteiger partial charge in [-0.2, -0.15) is 0 Å². The van der Waals surface area contributed by atoms with Crippen molar-refractivity contribution in [3.63, 3.8) is 0 Å². The zero-order valence-electron chi connectivity index (χ0n) is 14.2. The fourth-order valence-electron chi connectivity index (χ4n) is 3.20. The molecule has 1 fully saturated rings. The molecular weight excluding hydrogens is 276 g/mol. The summed E-state index contributed by atoms with van der Waals surface area (Å²) in [5.41, 5.74) is 1.44. The lowest BCUT2D eigenvalue weighted by atomic mass is 9.91. The van der Waals surface area contributed by atoms with E-state index in [0.717, 1.165) is 12.5 Å². The summed E-state index contributed by atoms with van der Waals surface area (Å²) in [5.74, 6) is 0.776. The Labute approximate surface area is 134 Å². The third-order valence-corrected chi connectivity index (χ3v) is 5.44. The second-order valence-corrected chi connectivity index (χ2v) is 8.48. The molecule has 2 unspecified atom stereocenters. The van der Waals surface area contributed by atoms with Crippen LogP contribution in [0, 0.1) is 5.92 Å². The van der Waals surface area contributed by atoms with Gasteiger partial charge in [-0.15, -0.1) is 11.3 Å². The molecule has 1 aromatic rings. The second-order valence-electron chi connectivity index (χ2n) is 7.54. The molecule has 0 aromatic carbocycles. The molecule has 0 aliphatic heterocycles. The van der Waals surface area contributed by atoms with Crippen LogP contribution in [0.4, 0.5) is 0 Å². The number of nitrogens with zero attached hydrogens (tertiary/aromatic N) is 1. The van der Waals surface area contributed by atoms with Crippen LogP contribution in [-0.4, -0.2) is 17.6 Å². The van der Waals surface area contributed by atoms with Crippen LogP contribution < -0.4 is 5.32 Å². The molecule has 21 heavy (non-hydrogen) atoms. The maximum atomic E-state index is 4.91. The summed E-state index contributed by atoms with van der Waals surface area (Å²) >= 11 is 1.86. The van der Waals surface area contributed by atoms with Crippen LogP contribution in [0.25, 0.3) is 0 Å². The summed E-state index contributed by atoms with van der Waals surface area (Å²) in [6.07, 6.45) is 9.31. The topological polar surface area (TPSA) is 24.9 Å². The Morgan fingerprint density at radius 3 is 2.67 bits per heavy atom. The summed E-state index contributed by atoms with van der Waals surface area (Å²) in [5, 5.41) is 7.40. The van der Waals surface area contributed by atoms with Gasteiger partial charge in [-0.3, -0.25) is 0 Å². The van der Waals surface area contributed by atoms with Gasteiger partial charge in [0.05, 0.1) is 10.7 Å². The van der Waals surface area contributed by atoms with Crippen molar-refractivity contribution in [1.29, 1.82) is 0 Å². The number of rotatable bonds is 5. The number of thiazole rings is 1. The van der Waals surface area contributed by atoms with Gasteiger partial charge in [0.15, 0.2) is 0 Å². The molecule has 1 saturated carbocycles. The van der Waals surface area contributed by atoms with E-state index in [1.807, 2.05) is 11.3 Å². The monoisotopic (exact) mass is 308 g/mol. The maximum Gasteiger partial charge on any atom is 0.0931 e. The highest BCUT2D eigenvalue weighted by molar-refractivity contribution is 7.09. The molecule has 1 aromatic heterocycles. The Morgan fingerprint density at radius 2 is 2.00 bits per heavy atom. The van der Waals surface area contributed by atoms with Gasteiger partial charge in [0.2, 0.25) is 0 Å². The molecule has 1 N–H and O–H groups in total. The molecule has 0 bridgehead atoms. The van der Waals surface area contributed by atoms with E-state index in [1.54, 1.807) is 0 Å². The van der Waals surface area contributed by atoms with Gasteiger partial charge in [-0.05, 0) is 31.7 Å². The van der Waals surface area contributed by atoms with Gasteiger partial charge < -0.3 is 5.32 Å². The molecule has 3 heteroatoms. The average Bonchev–Trinajstić information content (AvgIpc) is 2.79. The maximum absolute atomic E-state index is 4.91. The number of hydrogen-bond acceptors (Lipinski definition) is 3. The lowest BCUT2D eigenvalue weighted by molar-refractivity contribution is 0.332. The van der Waals surface area contributed by atoms with E-state index in [2.05, 4.69) is 38.4 Å². The molecule has 2 rings (SSSR count). The van der Waals surface area contributed by atoms with Gasteiger partial charge in [0, 0.05) is 23.3 Å². The molecule has 0 spiro atoms. The van der Waals surface area contributed by atoms with Crippen molar-refractivity contribution in [2.45, 2.75) is 84.1 Å². The predicted octanol–water partition coefficient (Wildman–Crippen LogP) is 4.93. The molecule has 1 heterocycles. The largest absolute Gasteiger partial charge is 0.314 e. The zero-order valence-corrected chi connectivity index (χ0v) is 15.1. The van der Waals surface area contributed by atoms with E-state index in [-0.39, 0.29) is 5.41 Å². The molecule has 0 saturated heterocycles. The second kappa shape index (κ2) is 7.73. The van der Waals surface area contributed by atoms with Crippen LogP contribution in [0.15, 0.2) is 5.38 Å². The Hall–Kier alpha value is -0.410. The Kier molecular flexibility index (Phi) is 6.24. The van der Waals surface area contributed by atoms with Gasteiger partial charge in [0.1, 0.15) is 0 Å². The third kappa shape index (κ3) is 5.07. The molecular formula is C18H32N2S. The minimum absolute atomic E-state index is 0.179. The Bertz CT molecular complexity index is 419. The van der Waals surface area contributed by atoms with E-state index in [9.17, 15) is 0 Å². The summed E-state index contributed by atoms with van der Waals surface area (Å²) in [4.78, 5) is 4.91. The summed E-state index contributed by atoms with van der Waals surface area (Å²) in [6.45, 7) is 10.2. The number of nitrogens with one attached hydrogen (secondary N) is 1. The van der Waals surface area contributed by atoms with Gasteiger partial charge in [-0.25, -0.2) is 4.98 Å². The van der Waals surface area contributed by atoms with Gasteiger partial charge in [-0.1, -0.05) is 47.0 Å². The first-order valence-electron chi connectivity index (χ1n) is 8.69. The Morgan fingerprint density at radius 1 is 1.24 bits per heavy atom. The van der Waals surface area contributed by atoms with Crippen molar-refractivity contribution >= 4 is 11.3 Å². The van der Waals surface area contributed by atoms with Crippen molar-refractivity contribution in [3.05, 3.63) is 16.1 Å². The van der Waals surface area contributed by atoms with Crippen LogP contribution in [-0.2, 0) is 11.8 Å². The van der Waals surface area contributed by atoms with Crippen molar-refractivity contribution in [2.75, 3.05) is 6.54 Å². The smallest absolute Gasteiger partial charge is 0.0931 e. The normalized spacial score (nSPS) is 24.0. The molecule has 1 aliphatic carbocycles. The Balaban J connectivity index is 2.01. The first-order valence-corrected chi connectivity index (χ1v) is 9.57. The van der Waals surface area contributed by atoms with E-state index in [0.29, 0.717) is 6.04 Å². The highest BCUT2D eigenvalue weighted by Gasteiger charge is 2.25. The van der Waals surface area contributed by atoms with Crippen LogP contribution in [0.3, 0.4) is 0 Å². The van der Waals surface area contributed by atoms with Crippen molar-refractivity contribution in [2.24, 2.45) is 5.92 Å². The quantitative estimate of drug-likeness (QED) is 0.780. The lowest BCUT2D eigenvalue weighted by Crippen LogP contribution is -2.37. The summed E-state index contributed by atoms with van der Waals surface area (Å²) < 4.78 is 0. The van der Waals surface area contributed by atoms with E-state index < -0.39 is 0 Å². The van der Waals surface area contributed by atoms with Gasteiger partial charge in [0.25, 0.3) is 0 Å². The fraction of sp³-hybridized carbons (Fsp3) is 0.833. The molecule has 1 aliphatic rings. The van der Waals surface area contributed by atoms with Gasteiger partial charge >= 0.3 is 0 Å². The fourth-order valence-corrected chi connectivity index (χ4v) is 4.32. The number of aromatic nitrogens is 1. The highest BCUT2D eigenvalue weighted by atomic mass is 32.1. The van der Waals surface area contributed by atoms with Crippen LogP contribution >= 0.6 is 11.3 Å². The summed E-state index contributed by atoms with van der Waals surface area (Å²) in [7, 11) is 0. The first kappa shape index (κ1) is 17.0. The molecule has 120 valence electrons. The van der Waals surface area contributed by atoms with E-state index >= 15 is 0 Å². The highest BCUT2D eigenvalue weighted by Crippen LogP contribution is 2.30. The third-order valence-electron chi connectivity index (χ3n) is 4.57. The lowest BCUT2D eigenvalue weighted by Gasteiger charge is -2.25. The SMILES string of the molecule is CCCNC1CCCCCC1Cc1nc(C(C)(C)C)cs1. The van der Waals surface area contributed by atoms with Crippen LogP contribution in [0.5, 0.6) is 0 Å². The molecule has 2 nitrogen and oxygen atoms in total. The minimum atomic E-state index is 0.179. The average molecular weight is 309 g/mol. The predicted molar refractivity (Wildman–Crippen MR) is 93.2 cm³/mol. The van der Waals surface area contributed by atoms with Crippen molar-refractivity contribution in [1.82, 2.24) is 10.3 Å². The number of hydrogen-bond donors (Lipinski definition) is 1. The standard InChI is InChI=1S/C18H32N2S/c1-5-11-19-15-10-8-6-7-9-14(15)12-17-20-16(13-21-17)18(2,3)4/h13-15,19H,5-12H2,1-4H3. The molecule has 0 radical (unpaired) electrons. The molecule has 0 amide bonds. The zero-order chi connectivity index (χ0) is 15.3. The van der Waals surface area contributed by atoms with Crippen molar-refractivity contribution in [3.8, 4) is 0 Å². The molecule has 2 atom stereocenters.